The summed E-state index contributed by atoms with van der Waals surface area (Å²) in [5.41, 5.74) is 8.14. The Hall–Kier alpha value is -3.91. The summed E-state index contributed by atoms with van der Waals surface area (Å²) in [7, 11) is 0. The smallest absolute Gasteiger partial charge is 0.326 e. The van der Waals surface area contributed by atoms with Crippen molar-refractivity contribution in [3.8, 4) is 5.69 Å². The van der Waals surface area contributed by atoms with Crippen molar-refractivity contribution >= 4 is 11.6 Å². The highest BCUT2D eigenvalue weighted by Crippen LogP contribution is 2.39. The first-order chi connectivity index (χ1) is 18.3. The zero-order valence-corrected chi connectivity index (χ0v) is 20.8. The lowest BCUT2D eigenvalue weighted by molar-refractivity contribution is -0.141. The Bertz CT molecular complexity index is 1410. The second-order valence-electron chi connectivity index (χ2n) is 9.76. The summed E-state index contributed by atoms with van der Waals surface area (Å²) >= 11 is 0. The zero-order valence-electron chi connectivity index (χ0n) is 20.8. The fraction of sp³-hybridized carbons (Fsp3) is 0.267. The molecule has 8 heteroatoms. The van der Waals surface area contributed by atoms with E-state index < -0.39 is 17.8 Å². The maximum Gasteiger partial charge on any atom is 0.435 e. The van der Waals surface area contributed by atoms with Gasteiger partial charge in [0, 0.05) is 24.2 Å². The highest BCUT2D eigenvalue weighted by atomic mass is 19.4. The number of rotatable bonds is 9. The molecule has 1 aromatic heterocycles. The second kappa shape index (κ2) is 10.8. The predicted molar refractivity (Wildman–Crippen MR) is 141 cm³/mol. The maximum absolute atomic E-state index is 13.5. The molecule has 5 rings (SSSR count). The van der Waals surface area contributed by atoms with Crippen LogP contribution in [0.25, 0.3) is 5.69 Å². The Labute approximate surface area is 219 Å². The summed E-state index contributed by atoms with van der Waals surface area (Å²) < 4.78 is 41.6. The topological polar surface area (TPSA) is 72.9 Å². The van der Waals surface area contributed by atoms with Crippen molar-refractivity contribution in [2.24, 2.45) is 11.7 Å². The normalized spacial score (nSPS) is 14.3. The van der Waals surface area contributed by atoms with Crippen LogP contribution in [-0.2, 0) is 12.7 Å². The number of carbonyl (C=O) groups excluding carboxylic acids is 1. The van der Waals surface area contributed by atoms with E-state index in [0.717, 1.165) is 35.1 Å². The number of amides is 1. The molecule has 5 nitrogen and oxygen atoms in total. The lowest BCUT2D eigenvalue weighted by Crippen LogP contribution is -2.17. The van der Waals surface area contributed by atoms with Crippen LogP contribution < -0.4 is 11.1 Å². The minimum Gasteiger partial charge on any atom is -0.326 e. The number of aromatic nitrogens is 2. The Morgan fingerprint density at radius 3 is 2.42 bits per heavy atom. The van der Waals surface area contributed by atoms with Crippen LogP contribution in [-0.4, -0.2) is 15.7 Å². The number of hydrogen-bond acceptors (Lipinski definition) is 3. The van der Waals surface area contributed by atoms with Crippen LogP contribution in [0.5, 0.6) is 0 Å². The monoisotopic (exact) mass is 518 g/mol. The van der Waals surface area contributed by atoms with Crippen molar-refractivity contribution in [3.63, 3.8) is 0 Å². The van der Waals surface area contributed by atoms with E-state index in [9.17, 15) is 18.0 Å². The first-order valence-electron chi connectivity index (χ1n) is 12.7. The van der Waals surface area contributed by atoms with Gasteiger partial charge in [-0.3, -0.25) is 4.79 Å². The van der Waals surface area contributed by atoms with Crippen molar-refractivity contribution in [2.75, 3.05) is 5.32 Å². The summed E-state index contributed by atoms with van der Waals surface area (Å²) in [6.07, 6.45) is -0.0163. The maximum atomic E-state index is 13.5. The van der Waals surface area contributed by atoms with Crippen LogP contribution in [0.1, 0.15) is 64.5 Å². The average Bonchev–Trinajstić information content (AvgIpc) is 3.63. The summed E-state index contributed by atoms with van der Waals surface area (Å²) in [6, 6.07) is 25.2. The molecule has 1 aliphatic rings. The average molecular weight is 519 g/mol. The molecule has 1 saturated carbocycles. The molecular weight excluding hydrogens is 489 g/mol. The Balaban J connectivity index is 1.44. The highest BCUT2D eigenvalue weighted by molar-refractivity contribution is 6.03. The van der Waals surface area contributed by atoms with Gasteiger partial charge in [-0.25, -0.2) is 4.68 Å². The molecule has 1 aliphatic carbocycles. The number of nitrogens with one attached hydrogen (secondary N) is 1. The van der Waals surface area contributed by atoms with Gasteiger partial charge in [0.15, 0.2) is 5.69 Å². The summed E-state index contributed by atoms with van der Waals surface area (Å²) in [5, 5.41) is 6.51. The van der Waals surface area contributed by atoms with Crippen LogP contribution >= 0.6 is 0 Å². The van der Waals surface area contributed by atoms with Gasteiger partial charge in [0.05, 0.1) is 5.69 Å². The quantitative estimate of drug-likeness (QED) is 0.253. The van der Waals surface area contributed by atoms with Gasteiger partial charge in [0.1, 0.15) is 5.69 Å². The molecule has 0 saturated heterocycles. The third kappa shape index (κ3) is 5.97. The van der Waals surface area contributed by atoms with E-state index in [-0.39, 0.29) is 18.2 Å². The van der Waals surface area contributed by atoms with E-state index in [1.54, 1.807) is 30.3 Å². The van der Waals surface area contributed by atoms with Crippen molar-refractivity contribution in [2.45, 2.75) is 44.3 Å². The number of hydrogen-bond donors (Lipinski definition) is 2. The van der Waals surface area contributed by atoms with E-state index >= 15 is 0 Å². The molecule has 1 amide bonds. The molecule has 1 fully saturated rings. The number of nitrogens with zero attached hydrogens (tertiary/aromatic N) is 2. The highest BCUT2D eigenvalue weighted by Gasteiger charge is 2.36. The van der Waals surface area contributed by atoms with Gasteiger partial charge in [0.2, 0.25) is 0 Å². The molecule has 196 valence electrons. The number of carbonyl (C=O) groups is 1. The number of alkyl halides is 3. The predicted octanol–water partition coefficient (Wildman–Crippen LogP) is 6.92. The molecule has 0 bridgehead atoms. The third-order valence-electron chi connectivity index (χ3n) is 6.93. The standard InChI is InChI=1S/C30H29F3N4O/c31-30(32,33)28-18-27(37(36-28)25-11-4-6-21(16-25)19-34)29(38)35-24-10-5-9-23(17-24)26(15-14-20-12-13-20)22-7-2-1-3-8-22/h1-11,16-18,20,26H,12-15,19,34H2,(H,35,38). The fourth-order valence-electron chi connectivity index (χ4n) is 4.74. The molecule has 1 unspecified atom stereocenters. The number of halogens is 3. The van der Waals surface area contributed by atoms with Gasteiger partial charge in [-0.05, 0) is 59.7 Å². The van der Waals surface area contributed by atoms with Gasteiger partial charge in [0.25, 0.3) is 5.91 Å². The minimum atomic E-state index is -4.70. The van der Waals surface area contributed by atoms with E-state index in [1.807, 2.05) is 36.4 Å². The Kier molecular flexibility index (Phi) is 7.33. The number of benzene rings is 3. The Morgan fingerprint density at radius 2 is 1.71 bits per heavy atom. The molecule has 3 N–H and O–H groups in total. The molecule has 0 radical (unpaired) electrons. The zero-order chi connectivity index (χ0) is 26.7. The summed E-state index contributed by atoms with van der Waals surface area (Å²) in [4.78, 5) is 13.3. The van der Waals surface area contributed by atoms with Gasteiger partial charge in [-0.1, -0.05) is 67.4 Å². The largest absolute Gasteiger partial charge is 0.435 e. The van der Waals surface area contributed by atoms with Crippen molar-refractivity contribution in [1.82, 2.24) is 9.78 Å². The van der Waals surface area contributed by atoms with Crippen LogP contribution in [0.4, 0.5) is 18.9 Å². The lowest BCUT2D eigenvalue weighted by Gasteiger charge is -2.19. The third-order valence-corrected chi connectivity index (χ3v) is 6.93. The molecule has 1 heterocycles. The van der Waals surface area contributed by atoms with Crippen molar-refractivity contribution in [1.29, 1.82) is 0 Å². The molecule has 0 spiro atoms. The first kappa shape index (κ1) is 25.7. The Morgan fingerprint density at radius 1 is 0.974 bits per heavy atom. The number of nitrogens with two attached hydrogens (primary N) is 1. The van der Waals surface area contributed by atoms with Crippen molar-refractivity contribution < 1.29 is 18.0 Å². The van der Waals surface area contributed by atoms with E-state index in [4.69, 9.17) is 5.73 Å². The van der Waals surface area contributed by atoms with Gasteiger partial charge < -0.3 is 11.1 Å². The molecule has 0 aliphatic heterocycles. The van der Waals surface area contributed by atoms with Crippen LogP contribution in [0.15, 0.2) is 84.9 Å². The van der Waals surface area contributed by atoms with Gasteiger partial charge in [-0.2, -0.15) is 18.3 Å². The van der Waals surface area contributed by atoms with Crippen LogP contribution in [0.3, 0.4) is 0 Å². The fourth-order valence-corrected chi connectivity index (χ4v) is 4.74. The molecular formula is C30H29F3N4O. The van der Waals surface area contributed by atoms with Crippen LogP contribution in [0.2, 0.25) is 0 Å². The summed E-state index contributed by atoms with van der Waals surface area (Å²) in [5.74, 6) is 0.262. The summed E-state index contributed by atoms with van der Waals surface area (Å²) in [6.45, 7) is 0.207. The van der Waals surface area contributed by atoms with E-state index in [0.29, 0.717) is 16.9 Å². The SMILES string of the molecule is NCc1cccc(-n2nc(C(F)(F)F)cc2C(=O)Nc2cccc(C(CCC3CC3)c3ccccc3)c2)c1. The van der Waals surface area contributed by atoms with Crippen LogP contribution in [0, 0.1) is 5.92 Å². The minimum absolute atomic E-state index is 0.162. The molecule has 3 aromatic carbocycles. The molecule has 4 aromatic rings. The van der Waals surface area contributed by atoms with E-state index in [1.165, 1.54) is 18.4 Å². The van der Waals surface area contributed by atoms with Gasteiger partial charge in [-0.15, -0.1) is 0 Å². The number of anilines is 1. The molecule has 38 heavy (non-hydrogen) atoms. The van der Waals surface area contributed by atoms with E-state index in [2.05, 4.69) is 22.5 Å². The second-order valence-corrected chi connectivity index (χ2v) is 9.76. The lowest BCUT2D eigenvalue weighted by atomic mass is 9.86. The molecule has 1 atom stereocenters. The van der Waals surface area contributed by atoms with Gasteiger partial charge >= 0.3 is 6.18 Å². The first-order valence-corrected chi connectivity index (χ1v) is 12.7. The van der Waals surface area contributed by atoms with Crippen molar-refractivity contribution in [3.05, 3.63) is 113 Å².